The smallest absolute Gasteiger partial charge is 0.257 e. The van der Waals surface area contributed by atoms with E-state index in [9.17, 15) is 4.79 Å². The molecule has 0 spiro atoms. The van der Waals surface area contributed by atoms with Gasteiger partial charge in [-0.15, -0.1) is 0 Å². The van der Waals surface area contributed by atoms with Crippen LogP contribution in [0.5, 0.6) is 5.75 Å². The maximum atomic E-state index is 13.0. The Morgan fingerprint density at radius 3 is 3.04 bits per heavy atom. The molecule has 1 aromatic carbocycles. The molecule has 1 atom stereocenters. The van der Waals surface area contributed by atoms with Crippen molar-refractivity contribution in [1.29, 1.82) is 0 Å². The number of likely N-dealkylation sites (tertiary alicyclic amines) is 1. The number of hydrogen-bond donors (Lipinski definition) is 0. The number of amides is 1. The Labute approximate surface area is 159 Å². The lowest BCUT2D eigenvalue weighted by atomic mass is 9.96. The summed E-state index contributed by atoms with van der Waals surface area (Å²) < 4.78 is 7.59. The van der Waals surface area contributed by atoms with E-state index >= 15 is 0 Å². The van der Waals surface area contributed by atoms with Gasteiger partial charge in [0.05, 0.1) is 12.7 Å². The van der Waals surface area contributed by atoms with Gasteiger partial charge in [-0.05, 0) is 37.5 Å². The van der Waals surface area contributed by atoms with Gasteiger partial charge in [0.1, 0.15) is 11.6 Å². The number of unbranched alkanes of at least 4 members (excludes halogenated alkanes) is 1. The summed E-state index contributed by atoms with van der Waals surface area (Å²) in [7, 11) is 1.56. The van der Waals surface area contributed by atoms with Crippen LogP contribution in [0.1, 0.15) is 54.7 Å². The summed E-state index contributed by atoms with van der Waals surface area (Å²) in [4.78, 5) is 19.5. The van der Waals surface area contributed by atoms with Crippen LogP contribution in [0, 0.1) is 0 Å². The monoisotopic (exact) mass is 375 g/mol. The summed E-state index contributed by atoms with van der Waals surface area (Å²) in [5, 5.41) is 0.563. The van der Waals surface area contributed by atoms with E-state index in [-0.39, 0.29) is 11.8 Å². The Balaban J connectivity index is 1.76. The van der Waals surface area contributed by atoms with E-state index in [0.717, 1.165) is 44.6 Å². The third-order valence-electron chi connectivity index (χ3n) is 4.97. The second-order valence-corrected chi connectivity index (χ2v) is 7.20. The summed E-state index contributed by atoms with van der Waals surface area (Å²) in [6.07, 6.45) is 8.25. The second kappa shape index (κ2) is 8.58. The van der Waals surface area contributed by atoms with Crippen molar-refractivity contribution < 1.29 is 9.53 Å². The fourth-order valence-corrected chi connectivity index (χ4v) is 3.74. The lowest BCUT2D eigenvalue weighted by Crippen LogP contribution is -2.40. The molecule has 3 rings (SSSR count). The molecule has 0 aliphatic carbocycles. The SMILES string of the molecule is CCCCn1ccnc1[C@H]1CCCN(C(=O)c2ccc(Cl)cc2OC)C1. The molecule has 1 fully saturated rings. The van der Waals surface area contributed by atoms with E-state index in [0.29, 0.717) is 22.9 Å². The molecule has 26 heavy (non-hydrogen) atoms. The number of aryl methyl sites for hydroxylation is 1. The number of carbonyl (C=O) groups excluding carboxylic acids is 1. The Morgan fingerprint density at radius 1 is 1.42 bits per heavy atom. The van der Waals surface area contributed by atoms with Crippen LogP contribution >= 0.6 is 11.6 Å². The Morgan fingerprint density at radius 2 is 2.27 bits per heavy atom. The molecule has 0 unspecified atom stereocenters. The van der Waals surface area contributed by atoms with Crippen molar-refractivity contribution in [2.75, 3.05) is 20.2 Å². The van der Waals surface area contributed by atoms with Crippen LogP contribution < -0.4 is 4.74 Å². The van der Waals surface area contributed by atoms with E-state index in [1.807, 2.05) is 17.3 Å². The van der Waals surface area contributed by atoms with E-state index in [2.05, 4.69) is 16.5 Å². The van der Waals surface area contributed by atoms with Gasteiger partial charge in [0.25, 0.3) is 5.91 Å². The maximum Gasteiger partial charge on any atom is 0.257 e. The van der Waals surface area contributed by atoms with Crippen LogP contribution in [0.15, 0.2) is 30.6 Å². The first kappa shape index (κ1) is 18.8. The number of hydrogen-bond acceptors (Lipinski definition) is 3. The number of aromatic nitrogens is 2. The van der Waals surface area contributed by atoms with Gasteiger partial charge in [-0.1, -0.05) is 24.9 Å². The van der Waals surface area contributed by atoms with Gasteiger partial charge in [-0.3, -0.25) is 4.79 Å². The summed E-state index contributed by atoms with van der Waals surface area (Å²) in [5.74, 6) is 1.89. The molecule has 1 aliphatic rings. The standard InChI is InChI=1S/C20H26ClN3O2/c1-3-4-10-23-12-9-22-19(23)15-6-5-11-24(14-15)20(25)17-8-7-16(21)13-18(17)26-2/h7-9,12-13,15H,3-6,10-11,14H2,1-2H3/t15-/m0/s1. The molecular formula is C20H26ClN3O2. The van der Waals surface area contributed by atoms with Crippen molar-refractivity contribution in [3.05, 3.63) is 47.0 Å². The zero-order valence-corrected chi connectivity index (χ0v) is 16.2. The average molecular weight is 376 g/mol. The zero-order valence-electron chi connectivity index (χ0n) is 15.4. The summed E-state index contributed by atoms with van der Waals surface area (Å²) >= 11 is 6.02. The van der Waals surface area contributed by atoms with Crippen molar-refractivity contribution in [2.24, 2.45) is 0 Å². The molecule has 5 nitrogen and oxygen atoms in total. The van der Waals surface area contributed by atoms with Crippen molar-refractivity contribution in [2.45, 2.75) is 45.1 Å². The van der Waals surface area contributed by atoms with E-state index in [4.69, 9.17) is 16.3 Å². The lowest BCUT2D eigenvalue weighted by molar-refractivity contribution is 0.0700. The second-order valence-electron chi connectivity index (χ2n) is 6.77. The van der Waals surface area contributed by atoms with Gasteiger partial charge >= 0.3 is 0 Å². The number of halogens is 1. The first-order valence-corrected chi connectivity index (χ1v) is 9.65. The summed E-state index contributed by atoms with van der Waals surface area (Å²) in [6, 6.07) is 5.17. The lowest BCUT2D eigenvalue weighted by Gasteiger charge is -2.33. The number of ether oxygens (including phenoxy) is 1. The van der Waals surface area contributed by atoms with Gasteiger partial charge in [0, 0.05) is 43.0 Å². The van der Waals surface area contributed by atoms with E-state index in [1.165, 1.54) is 0 Å². The molecular weight excluding hydrogens is 350 g/mol. The van der Waals surface area contributed by atoms with Crippen LogP contribution in [-0.2, 0) is 6.54 Å². The number of methoxy groups -OCH3 is 1. The Hall–Kier alpha value is -2.01. The molecule has 0 saturated carbocycles. The molecule has 0 N–H and O–H groups in total. The highest BCUT2D eigenvalue weighted by Gasteiger charge is 2.29. The number of nitrogens with zero attached hydrogens (tertiary/aromatic N) is 3. The van der Waals surface area contributed by atoms with Crippen molar-refractivity contribution in [3.63, 3.8) is 0 Å². The highest BCUT2D eigenvalue weighted by Crippen LogP contribution is 2.30. The molecule has 2 aromatic rings. The van der Waals surface area contributed by atoms with E-state index < -0.39 is 0 Å². The Kier molecular flexibility index (Phi) is 6.20. The minimum absolute atomic E-state index is 0.00474. The van der Waals surface area contributed by atoms with Crippen LogP contribution in [-0.4, -0.2) is 40.6 Å². The summed E-state index contributed by atoms with van der Waals surface area (Å²) in [5.41, 5.74) is 0.562. The quantitative estimate of drug-likeness (QED) is 0.753. The molecule has 6 heteroatoms. The van der Waals surface area contributed by atoms with Crippen molar-refractivity contribution in [1.82, 2.24) is 14.5 Å². The minimum atomic E-state index is -0.00474. The van der Waals surface area contributed by atoms with Crippen LogP contribution in [0.2, 0.25) is 5.02 Å². The van der Waals surface area contributed by atoms with Crippen molar-refractivity contribution in [3.8, 4) is 5.75 Å². The number of rotatable bonds is 6. The molecule has 1 aliphatic heterocycles. The van der Waals surface area contributed by atoms with Gasteiger partial charge in [-0.2, -0.15) is 0 Å². The topological polar surface area (TPSA) is 47.4 Å². The highest BCUT2D eigenvalue weighted by molar-refractivity contribution is 6.30. The largest absolute Gasteiger partial charge is 0.496 e. The molecule has 1 aromatic heterocycles. The molecule has 140 valence electrons. The molecule has 1 amide bonds. The average Bonchev–Trinajstić information content (AvgIpc) is 3.14. The zero-order chi connectivity index (χ0) is 18.5. The maximum absolute atomic E-state index is 13.0. The molecule has 2 heterocycles. The molecule has 0 radical (unpaired) electrons. The predicted octanol–water partition coefficient (Wildman–Crippen LogP) is 4.37. The van der Waals surface area contributed by atoms with Crippen molar-refractivity contribution >= 4 is 17.5 Å². The van der Waals surface area contributed by atoms with Gasteiger partial charge in [0.2, 0.25) is 0 Å². The minimum Gasteiger partial charge on any atom is -0.496 e. The number of piperidine rings is 1. The predicted molar refractivity (Wildman–Crippen MR) is 103 cm³/mol. The summed E-state index contributed by atoms with van der Waals surface area (Å²) in [6.45, 7) is 4.63. The van der Waals surface area contributed by atoms with Crippen LogP contribution in [0.3, 0.4) is 0 Å². The first-order valence-electron chi connectivity index (χ1n) is 9.28. The molecule has 0 bridgehead atoms. The van der Waals surface area contributed by atoms with Gasteiger partial charge < -0.3 is 14.2 Å². The number of imidazole rings is 1. The Bertz CT molecular complexity index is 759. The molecule has 1 saturated heterocycles. The highest BCUT2D eigenvalue weighted by atomic mass is 35.5. The van der Waals surface area contributed by atoms with Crippen LogP contribution in [0.4, 0.5) is 0 Å². The third kappa shape index (κ3) is 4.04. The van der Waals surface area contributed by atoms with Gasteiger partial charge in [-0.25, -0.2) is 4.98 Å². The van der Waals surface area contributed by atoms with E-state index in [1.54, 1.807) is 25.3 Å². The third-order valence-corrected chi connectivity index (χ3v) is 5.20. The first-order chi connectivity index (χ1) is 12.6. The number of benzene rings is 1. The fraction of sp³-hybridized carbons (Fsp3) is 0.500. The number of carbonyl (C=O) groups is 1. The fourth-order valence-electron chi connectivity index (χ4n) is 3.58. The van der Waals surface area contributed by atoms with Crippen LogP contribution in [0.25, 0.3) is 0 Å². The normalized spacial score (nSPS) is 17.3. The van der Waals surface area contributed by atoms with Gasteiger partial charge in [0.15, 0.2) is 0 Å².